The first-order valence-corrected chi connectivity index (χ1v) is 7.50. The van der Waals surface area contributed by atoms with Crippen LogP contribution >= 0.6 is 0 Å². The number of benzene rings is 1. The van der Waals surface area contributed by atoms with Gasteiger partial charge in [0.25, 0.3) is 0 Å². The lowest BCUT2D eigenvalue weighted by molar-refractivity contribution is 0.0697. The van der Waals surface area contributed by atoms with E-state index in [-0.39, 0.29) is 0 Å². The van der Waals surface area contributed by atoms with Crippen LogP contribution in [0.25, 0.3) is 0 Å². The van der Waals surface area contributed by atoms with Crippen LogP contribution in [0.3, 0.4) is 0 Å². The average molecular weight is 264 g/mol. The van der Waals surface area contributed by atoms with Gasteiger partial charge >= 0.3 is 5.97 Å². The summed E-state index contributed by atoms with van der Waals surface area (Å²) in [5.74, 6) is -0.879. The van der Waals surface area contributed by atoms with Crippen molar-refractivity contribution in [2.45, 2.75) is 65.2 Å². The topological polar surface area (TPSA) is 37.3 Å². The largest absolute Gasteiger partial charge is 0.478 e. The van der Waals surface area contributed by atoms with Crippen LogP contribution in [-0.2, 0) is 0 Å². The molecule has 2 heteroatoms. The Hall–Kier alpha value is -1.31. The predicted molar refractivity (Wildman–Crippen MR) is 81.7 cm³/mol. The molecule has 0 bridgehead atoms. The molecular formula is C17H28O2. The Morgan fingerprint density at radius 2 is 1.26 bits per heavy atom. The van der Waals surface area contributed by atoms with Crippen LogP contribution in [0.4, 0.5) is 0 Å². The van der Waals surface area contributed by atoms with Gasteiger partial charge in [0, 0.05) is 0 Å². The van der Waals surface area contributed by atoms with Crippen LogP contribution in [-0.4, -0.2) is 11.1 Å². The van der Waals surface area contributed by atoms with Gasteiger partial charge < -0.3 is 5.11 Å². The van der Waals surface area contributed by atoms with E-state index in [0.29, 0.717) is 5.56 Å². The van der Waals surface area contributed by atoms with E-state index in [1.165, 1.54) is 51.4 Å². The molecule has 0 aliphatic heterocycles. The standard InChI is InChI=1S/C10H22.C7H6O2/c1-3-5-7-9-10-8-6-4-2;8-7(9)6-4-2-1-3-5-6/h3-10H2,1-2H3;1-5H,(H,8,9). The lowest BCUT2D eigenvalue weighted by Gasteiger charge is -1.97. The van der Waals surface area contributed by atoms with Crippen molar-refractivity contribution >= 4 is 5.97 Å². The molecule has 0 fully saturated rings. The number of aromatic carboxylic acids is 1. The molecule has 0 heterocycles. The molecular weight excluding hydrogens is 236 g/mol. The Morgan fingerprint density at radius 3 is 1.58 bits per heavy atom. The van der Waals surface area contributed by atoms with Gasteiger partial charge in [0.2, 0.25) is 0 Å². The quantitative estimate of drug-likeness (QED) is 0.627. The summed E-state index contributed by atoms with van der Waals surface area (Å²) >= 11 is 0. The van der Waals surface area contributed by atoms with Gasteiger partial charge in [0.15, 0.2) is 0 Å². The highest BCUT2D eigenvalue weighted by molar-refractivity contribution is 5.87. The molecule has 0 radical (unpaired) electrons. The highest BCUT2D eigenvalue weighted by atomic mass is 16.4. The van der Waals surface area contributed by atoms with Gasteiger partial charge in [0.1, 0.15) is 0 Å². The predicted octanol–water partition coefficient (Wildman–Crippen LogP) is 5.53. The molecule has 0 saturated carbocycles. The van der Waals surface area contributed by atoms with E-state index in [1.807, 2.05) is 0 Å². The summed E-state index contributed by atoms with van der Waals surface area (Å²) in [7, 11) is 0. The Morgan fingerprint density at radius 1 is 0.842 bits per heavy atom. The fourth-order valence-electron chi connectivity index (χ4n) is 1.79. The third kappa shape index (κ3) is 11.5. The van der Waals surface area contributed by atoms with Gasteiger partial charge in [-0.3, -0.25) is 0 Å². The molecule has 0 aliphatic carbocycles. The molecule has 1 aromatic carbocycles. The van der Waals surface area contributed by atoms with Crippen LogP contribution in [0.1, 0.15) is 75.6 Å². The molecule has 108 valence electrons. The first kappa shape index (κ1) is 17.7. The van der Waals surface area contributed by atoms with Crippen molar-refractivity contribution in [3.8, 4) is 0 Å². The van der Waals surface area contributed by atoms with Crippen molar-refractivity contribution in [1.82, 2.24) is 0 Å². The van der Waals surface area contributed by atoms with Crippen molar-refractivity contribution in [1.29, 1.82) is 0 Å². The smallest absolute Gasteiger partial charge is 0.335 e. The molecule has 1 N–H and O–H groups in total. The lowest BCUT2D eigenvalue weighted by atomic mass is 10.1. The maximum Gasteiger partial charge on any atom is 0.335 e. The van der Waals surface area contributed by atoms with Crippen LogP contribution in [0.15, 0.2) is 30.3 Å². The zero-order valence-electron chi connectivity index (χ0n) is 12.4. The zero-order chi connectivity index (χ0) is 14.3. The van der Waals surface area contributed by atoms with Crippen molar-refractivity contribution in [3.63, 3.8) is 0 Å². The third-order valence-corrected chi connectivity index (χ3v) is 2.98. The fourth-order valence-corrected chi connectivity index (χ4v) is 1.79. The summed E-state index contributed by atoms with van der Waals surface area (Å²) in [4.78, 5) is 10.2. The second-order valence-corrected chi connectivity index (χ2v) is 4.79. The van der Waals surface area contributed by atoms with E-state index in [2.05, 4.69) is 13.8 Å². The van der Waals surface area contributed by atoms with E-state index in [9.17, 15) is 4.79 Å². The maximum absolute atomic E-state index is 10.2. The summed E-state index contributed by atoms with van der Waals surface area (Å²) < 4.78 is 0. The molecule has 1 rings (SSSR count). The van der Waals surface area contributed by atoms with Crippen molar-refractivity contribution in [2.75, 3.05) is 0 Å². The molecule has 1 aromatic rings. The number of hydrogen-bond donors (Lipinski definition) is 1. The summed E-state index contributed by atoms with van der Waals surface area (Å²) in [5.41, 5.74) is 0.331. The Kier molecular flexibility index (Phi) is 12.2. The van der Waals surface area contributed by atoms with E-state index in [1.54, 1.807) is 30.3 Å². The van der Waals surface area contributed by atoms with E-state index >= 15 is 0 Å². The Balaban J connectivity index is 0.000000342. The summed E-state index contributed by atoms with van der Waals surface area (Å²) in [6.45, 7) is 4.54. The number of carboxylic acids is 1. The minimum Gasteiger partial charge on any atom is -0.478 e. The van der Waals surface area contributed by atoms with Gasteiger partial charge in [-0.1, -0.05) is 83.4 Å². The van der Waals surface area contributed by atoms with Crippen LogP contribution in [0.5, 0.6) is 0 Å². The molecule has 0 spiro atoms. The van der Waals surface area contributed by atoms with E-state index < -0.39 is 5.97 Å². The minimum atomic E-state index is -0.879. The minimum absolute atomic E-state index is 0.331. The van der Waals surface area contributed by atoms with Crippen molar-refractivity contribution < 1.29 is 9.90 Å². The molecule has 0 aromatic heterocycles. The van der Waals surface area contributed by atoms with E-state index in [4.69, 9.17) is 5.11 Å². The monoisotopic (exact) mass is 264 g/mol. The highest BCUT2D eigenvalue weighted by Crippen LogP contribution is 2.07. The normalized spacial score (nSPS) is 9.58. The van der Waals surface area contributed by atoms with Crippen LogP contribution in [0.2, 0.25) is 0 Å². The number of unbranched alkanes of at least 4 members (excludes halogenated alkanes) is 7. The van der Waals surface area contributed by atoms with Crippen molar-refractivity contribution in [3.05, 3.63) is 35.9 Å². The molecule has 0 amide bonds. The number of carbonyl (C=O) groups is 1. The lowest BCUT2D eigenvalue weighted by Crippen LogP contribution is -1.93. The van der Waals surface area contributed by atoms with Crippen LogP contribution < -0.4 is 0 Å². The summed E-state index contributed by atoms with van der Waals surface area (Å²) in [6.07, 6.45) is 11.5. The van der Waals surface area contributed by atoms with Crippen LogP contribution in [0, 0.1) is 0 Å². The zero-order valence-corrected chi connectivity index (χ0v) is 12.4. The SMILES string of the molecule is CCCCCCCCCC.O=C(O)c1ccccc1. The molecule has 0 saturated heterocycles. The number of hydrogen-bond acceptors (Lipinski definition) is 1. The van der Waals surface area contributed by atoms with E-state index in [0.717, 1.165) is 0 Å². The van der Waals surface area contributed by atoms with Crippen molar-refractivity contribution in [2.24, 2.45) is 0 Å². The van der Waals surface area contributed by atoms with Gasteiger partial charge in [-0.05, 0) is 12.1 Å². The average Bonchev–Trinajstić information content (AvgIpc) is 2.44. The first-order valence-electron chi connectivity index (χ1n) is 7.50. The molecule has 0 unspecified atom stereocenters. The second kappa shape index (κ2) is 13.1. The molecule has 0 aliphatic rings. The highest BCUT2D eigenvalue weighted by Gasteiger charge is 1.96. The second-order valence-electron chi connectivity index (χ2n) is 4.79. The summed E-state index contributed by atoms with van der Waals surface area (Å²) in [6, 6.07) is 8.30. The maximum atomic E-state index is 10.2. The number of carboxylic acid groups (broad SMARTS) is 1. The Bertz CT molecular complexity index is 298. The van der Waals surface area contributed by atoms with Gasteiger partial charge in [-0.2, -0.15) is 0 Å². The third-order valence-electron chi connectivity index (χ3n) is 2.98. The van der Waals surface area contributed by atoms with Gasteiger partial charge in [-0.25, -0.2) is 4.79 Å². The van der Waals surface area contributed by atoms with Gasteiger partial charge in [0.05, 0.1) is 5.56 Å². The summed E-state index contributed by atoms with van der Waals surface area (Å²) in [5, 5.41) is 8.38. The van der Waals surface area contributed by atoms with Gasteiger partial charge in [-0.15, -0.1) is 0 Å². The Labute approximate surface area is 117 Å². The molecule has 2 nitrogen and oxygen atoms in total. The number of rotatable bonds is 8. The first-order chi connectivity index (χ1) is 9.22. The molecule has 19 heavy (non-hydrogen) atoms. The molecule has 0 atom stereocenters. The fraction of sp³-hybridized carbons (Fsp3) is 0.588.